The molecule has 1 aliphatic rings. The highest BCUT2D eigenvalue weighted by Crippen LogP contribution is 2.29. The van der Waals surface area contributed by atoms with Gasteiger partial charge in [0.2, 0.25) is 0 Å². The summed E-state index contributed by atoms with van der Waals surface area (Å²) in [5.41, 5.74) is 9.87. The fraction of sp³-hybridized carbons (Fsp3) is 0.562. The number of likely N-dealkylation sites (tertiary alicyclic amines) is 1. The predicted molar refractivity (Wildman–Crippen MR) is 96.5 cm³/mol. The van der Waals surface area contributed by atoms with Crippen molar-refractivity contribution < 1.29 is 0 Å². The van der Waals surface area contributed by atoms with Crippen molar-refractivity contribution >= 4 is 34.0 Å². The van der Waals surface area contributed by atoms with Gasteiger partial charge < -0.3 is 10.1 Å². The summed E-state index contributed by atoms with van der Waals surface area (Å²) in [6.07, 6.45) is 5.16. The average molecular weight is 388 g/mol. The third-order valence-corrected chi connectivity index (χ3v) is 5.04. The lowest BCUT2D eigenvalue weighted by Crippen LogP contribution is -2.52. The molecule has 2 aromatic rings. The number of aryl methyl sites for hydroxylation is 1. The number of halogens is 2. The number of fused-ring (bicyclic) bond motifs is 1. The van der Waals surface area contributed by atoms with Crippen molar-refractivity contribution in [1.82, 2.24) is 14.3 Å². The molecule has 0 aromatic carbocycles. The second-order valence-corrected chi connectivity index (χ2v) is 7.79. The van der Waals surface area contributed by atoms with Gasteiger partial charge in [-0.2, -0.15) is 0 Å². The molecular formula is C16H24BrClN4. The minimum atomic E-state index is 0. The molecule has 0 spiro atoms. The van der Waals surface area contributed by atoms with Crippen molar-refractivity contribution in [3.8, 4) is 0 Å². The zero-order chi connectivity index (χ0) is 15.2. The Hall–Kier alpha value is -0.620. The van der Waals surface area contributed by atoms with Crippen LogP contribution in [0.5, 0.6) is 0 Å². The van der Waals surface area contributed by atoms with Crippen molar-refractivity contribution in [2.45, 2.75) is 39.8 Å². The van der Waals surface area contributed by atoms with Crippen LogP contribution in [0.25, 0.3) is 5.65 Å². The molecule has 3 rings (SSSR count). The van der Waals surface area contributed by atoms with E-state index in [0.29, 0.717) is 6.04 Å². The van der Waals surface area contributed by atoms with Gasteiger partial charge in [0.05, 0.1) is 11.9 Å². The molecule has 2 aromatic heterocycles. The highest BCUT2D eigenvalue weighted by molar-refractivity contribution is 9.10. The summed E-state index contributed by atoms with van der Waals surface area (Å²) in [4.78, 5) is 7.06. The first-order chi connectivity index (χ1) is 9.87. The maximum absolute atomic E-state index is 6.23. The lowest BCUT2D eigenvalue weighted by Gasteiger charge is -2.42. The van der Waals surface area contributed by atoms with E-state index in [1.165, 1.54) is 11.3 Å². The summed E-state index contributed by atoms with van der Waals surface area (Å²) in [5, 5.41) is 0. The summed E-state index contributed by atoms with van der Waals surface area (Å²) in [6.45, 7) is 9.64. The Kier molecular flexibility index (Phi) is 5.22. The van der Waals surface area contributed by atoms with Crippen molar-refractivity contribution in [3.05, 3.63) is 34.2 Å². The van der Waals surface area contributed by atoms with Gasteiger partial charge in [-0.3, -0.25) is 4.90 Å². The molecule has 122 valence electrons. The Labute approximate surface area is 146 Å². The fourth-order valence-corrected chi connectivity index (χ4v) is 3.78. The van der Waals surface area contributed by atoms with Crippen LogP contribution in [0.3, 0.4) is 0 Å². The van der Waals surface area contributed by atoms with Crippen LogP contribution in [0.1, 0.15) is 31.5 Å². The number of piperidine rings is 1. The molecular weight excluding hydrogens is 364 g/mol. The number of aromatic nitrogens is 2. The van der Waals surface area contributed by atoms with Gasteiger partial charge in [0.15, 0.2) is 0 Å². The quantitative estimate of drug-likeness (QED) is 0.859. The van der Waals surface area contributed by atoms with Gasteiger partial charge in [-0.05, 0) is 46.3 Å². The monoisotopic (exact) mass is 386 g/mol. The van der Waals surface area contributed by atoms with E-state index in [4.69, 9.17) is 5.73 Å². The second kappa shape index (κ2) is 6.48. The lowest BCUT2D eigenvalue weighted by molar-refractivity contribution is 0.0887. The molecule has 4 nitrogen and oxygen atoms in total. The van der Waals surface area contributed by atoms with Crippen molar-refractivity contribution in [3.63, 3.8) is 0 Å². The summed E-state index contributed by atoms with van der Waals surface area (Å²) in [5.74, 6) is 0. The first kappa shape index (κ1) is 17.7. The van der Waals surface area contributed by atoms with Gasteiger partial charge in [0.1, 0.15) is 5.65 Å². The van der Waals surface area contributed by atoms with E-state index in [9.17, 15) is 0 Å². The minimum Gasteiger partial charge on any atom is -0.327 e. The van der Waals surface area contributed by atoms with Crippen molar-refractivity contribution in [2.24, 2.45) is 11.1 Å². The molecule has 22 heavy (non-hydrogen) atoms. The highest BCUT2D eigenvalue weighted by atomic mass is 79.9. The maximum atomic E-state index is 6.23. The molecule has 6 heteroatoms. The van der Waals surface area contributed by atoms with E-state index >= 15 is 0 Å². The Morgan fingerprint density at radius 3 is 2.86 bits per heavy atom. The topological polar surface area (TPSA) is 46.6 Å². The lowest BCUT2D eigenvalue weighted by atomic mass is 9.80. The minimum absolute atomic E-state index is 0. The predicted octanol–water partition coefficient (Wildman–Crippen LogP) is 3.39. The van der Waals surface area contributed by atoms with Gasteiger partial charge >= 0.3 is 0 Å². The molecule has 1 saturated heterocycles. The van der Waals surface area contributed by atoms with E-state index in [1.807, 2.05) is 6.20 Å². The van der Waals surface area contributed by atoms with E-state index in [2.05, 4.69) is 63.2 Å². The number of rotatable bonds is 2. The summed E-state index contributed by atoms with van der Waals surface area (Å²) in [6, 6.07) is 2.40. The van der Waals surface area contributed by atoms with Crippen LogP contribution in [0.2, 0.25) is 0 Å². The van der Waals surface area contributed by atoms with Gasteiger partial charge in [-0.25, -0.2) is 4.98 Å². The molecule has 0 aliphatic carbocycles. The van der Waals surface area contributed by atoms with Crippen molar-refractivity contribution in [1.29, 1.82) is 0 Å². The molecule has 2 N–H and O–H groups in total. The van der Waals surface area contributed by atoms with Gasteiger partial charge in [0.25, 0.3) is 0 Å². The zero-order valence-corrected chi connectivity index (χ0v) is 15.7. The third-order valence-electron chi connectivity index (χ3n) is 4.61. The summed E-state index contributed by atoms with van der Waals surface area (Å²) in [7, 11) is 0. The van der Waals surface area contributed by atoms with E-state index in [0.717, 1.165) is 36.2 Å². The first-order valence-electron chi connectivity index (χ1n) is 7.47. The van der Waals surface area contributed by atoms with Gasteiger partial charge in [0, 0.05) is 36.3 Å². The Balaban J connectivity index is 0.00000176. The molecule has 1 aliphatic heterocycles. The Bertz CT molecular complexity index is 667. The van der Waals surface area contributed by atoms with Crippen molar-refractivity contribution in [2.75, 3.05) is 13.1 Å². The highest BCUT2D eigenvalue weighted by Gasteiger charge is 2.33. The molecule has 1 fully saturated rings. The van der Waals surface area contributed by atoms with Crippen LogP contribution in [-0.4, -0.2) is 33.4 Å². The maximum Gasteiger partial charge on any atom is 0.139 e. The summed E-state index contributed by atoms with van der Waals surface area (Å²) >= 11 is 3.57. The van der Waals surface area contributed by atoms with Crippen LogP contribution >= 0.6 is 28.3 Å². The van der Waals surface area contributed by atoms with Gasteiger partial charge in [-0.1, -0.05) is 13.8 Å². The molecule has 1 atom stereocenters. The Morgan fingerprint density at radius 2 is 2.18 bits per heavy atom. The molecule has 0 amide bonds. The van der Waals surface area contributed by atoms with Crippen LogP contribution in [0.15, 0.2) is 22.9 Å². The second-order valence-electron chi connectivity index (χ2n) is 6.88. The number of hydrogen-bond donors (Lipinski definition) is 1. The van der Waals surface area contributed by atoms with Crippen LogP contribution in [0.4, 0.5) is 0 Å². The van der Waals surface area contributed by atoms with Crippen LogP contribution < -0.4 is 5.73 Å². The summed E-state index contributed by atoms with van der Waals surface area (Å²) < 4.78 is 3.29. The average Bonchev–Trinajstić information content (AvgIpc) is 2.77. The standard InChI is InChI=1S/C16H23BrN4.ClH/c1-11-6-12(17)8-21-13(7-19-15(11)21)9-20-5-4-14(18)16(2,3)10-20;/h6-8,14H,4-5,9-10,18H2,1-3H3;1H. The van der Waals surface area contributed by atoms with Crippen LogP contribution in [0, 0.1) is 12.3 Å². The normalized spacial score (nSPS) is 21.8. The molecule has 1 unspecified atom stereocenters. The number of pyridine rings is 1. The molecule has 0 bridgehead atoms. The van der Waals surface area contributed by atoms with E-state index < -0.39 is 0 Å². The fourth-order valence-electron chi connectivity index (χ4n) is 3.23. The first-order valence-corrected chi connectivity index (χ1v) is 8.26. The number of imidazole rings is 1. The molecule has 0 saturated carbocycles. The Morgan fingerprint density at radius 1 is 1.45 bits per heavy atom. The zero-order valence-electron chi connectivity index (χ0n) is 13.3. The van der Waals surface area contributed by atoms with Gasteiger partial charge in [-0.15, -0.1) is 12.4 Å². The number of nitrogens with two attached hydrogens (primary N) is 1. The van der Waals surface area contributed by atoms with Crippen LogP contribution in [-0.2, 0) is 6.54 Å². The van der Waals surface area contributed by atoms with E-state index in [1.54, 1.807) is 0 Å². The molecule has 0 radical (unpaired) electrons. The largest absolute Gasteiger partial charge is 0.327 e. The smallest absolute Gasteiger partial charge is 0.139 e. The van der Waals surface area contributed by atoms with E-state index in [-0.39, 0.29) is 17.8 Å². The molecule has 3 heterocycles. The third kappa shape index (κ3) is 3.32. The number of nitrogens with zero attached hydrogens (tertiary/aromatic N) is 3. The number of hydrogen-bond acceptors (Lipinski definition) is 3. The SMILES string of the molecule is Cc1cc(Br)cn2c(CN3CCC(N)C(C)(C)C3)cnc12.Cl.